The zero-order valence-electron chi connectivity index (χ0n) is 21.2. The van der Waals surface area contributed by atoms with Crippen LogP contribution in [0.15, 0.2) is 71.9 Å². The van der Waals surface area contributed by atoms with Crippen LogP contribution in [0.3, 0.4) is 0 Å². The predicted molar refractivity (Wildman–Crippen MR) is 147 cm³/mol. The number of nitrogens with zero attached hydrogens (tertiary/aromatic N) is 6. The van der Waals surface area contributed by atoms with Gasteiger partial charge in [0, 0.05) is 49.6 Å². The topological polar surface area (TPSA) is 117 Å². The van der Waals surface area contributed by atoms with E-state index in [0.29, 0.717) is 27.9 Å². The zero-order chi connectivity index (χ0) is 26.8. The van der Waals surface area contributed by atoms with Crippen molar-refractivity contribution in [2.24, 2.45) is 4.99 Å². The number of nitro groups is 1. The van der Waals surface area contributed by atoms with Crippen LogP contribution >= 0.6 is 0 Å². The van der Waals surface area contributed by atoms with Crippen molar-refractivity contribution in [3.8, 4) is 5.88 Å². The number of hydrogen-bond donors (Lipinski definition) is 1. The second kappa shape index (κ2) is 10.4. The molecule has 4 aromatic rings. The van der Waals surface area contributed by atoms with Gasteiger partial charge in [-0.05, 0) is 38.2 Å². The summed E-state index contributed by atoms with van der Waals surface area (Å²) in [5.74, 6) is 0.0819. The van der Waals surface area contributed by atoms with Crippen LogP contribution in [0, 0.1) is 10.1 Å². The summed E-state index contributed by atoms with van der Waals surface area (Å²) in [7, 11) is 2.12. The molecule has 2 aromatic carbocycles. The Balaban J connectivity index is 1.64. The van der Waals surface area contributed by atoms with E-state index < -0.39 is 10.8 Å². The Morgan fingerprint density at radius 2 is 1.84 bits per heavy atom. The third kappa shape index (κ3) is 4.85. The lowest BCUT2D eigenvalue weighted by atomic mass is 10.0. The minimum atomic E-state index is -0.532. The van der Waals surface area contributed by atoms with Gasteiger partial charge in [-0.3, -0.25) is 14.9 Å². The second-order valence-electron chi connectivity index (χ2n) is 9.36. The van der Waals surface area contributed by atoms with E-state index in [1.807, 2.05) is 42.5 Å². The summed E-state index contributed by atoms with van der Waals surface area (Å²) >= 11 is 0. The van der Waals surface area contributed by atoms with Crippen molar-refractivity contribution < 1.29 is 14.8 Å². The average molecular weight is 513 g/mol. The molecule has 0 aliphatic carbocycles. The molecule has 1 aliphatic heterocycles. The number of aliphatic imine (C=N–C) groups is 1. The highest BCUT2D eigenvalue weighted by Crippen LogP contribution is 2.36. The van der Waals surface area contributed by atoms with Crippen molar-refractivity contribution in [1.82, 2.24) is 14.5 Å². The van der Waals surface area contributed by atoms with Gasteiger partial charge in [0.1, 0.15) is 5.82 Å². The SMILES string of the molecule is CC(=O)n1c(O)c(C(=Nc2ccc(N3CCCN(C)CC3)nc2)c2ccccc2)c2ccc([N+](=O)[O-])cc21. The highest BCUT2D eigenvalue weighted by atomic mass is 16.6. The smallest absolute Gasteiger partial charge is 0.271 e. The minimum absolute atomic E-state index is 0.179. The third-order valence-corrected chi connectivity index (χ3v) is 6.75. The molecule has 5 rings (SSSR count). The van der Waals surface area contributed by atoms with E-state index in [-0.39, 0.29) is 17.1 Å². The molecular formula is C28H28N6O4. The Kier molecular flexibility index (Phi) is 6.89. The fourth-order valence-electron chi connectivity index (χ4n) is 4.83. The molecule has 0 saturated carbocycles. The first-order valence-corrected chi connectivity index (χ1v) is 12.4. The van der Waals surface area contributed by atoms with E-state index in [4.69, 9.17) is 4.99 Å². The van der Waals surface area contributed by atoms with Crippen LogP contribution in [-0.2, 0) is 0 Å². The molecule has 0 unspecified atom stereocenters. The van der Waals surface area contributed by atoms with Gasteiger partial charge in [-0.15, -0.1) is 0 Å². The number of non-ortho nitro benzene ring substituents is 1. The van der Waals surface area contributed by atoms with Crippen molar-refractivity contribution in [2.45, 2.75) is 13.3 Å². The minimum Gasteiger partial charge on any atom is -0.494 e. The molecule has 3 heterocycles. The van der Waals surface area contributed by atoms with E-state index in [1.54, 1.807) is 6.20 Å². The predicted octanol–water partition coefficient (Wildman–Crippen LogP) is 4.62. The van der Waals surface area contributed by atoms with Crippen LogP contribution in [0.2, 0.25) is 0 Å². The molecule has 10 nitrogen and oxygen atoms in total. The summed E-state index contributed by atoms with van der Waals surface area (Å²) in [6.45, 7) is 5.15. The lowest BCUT2D eigenvalue weighted by molar-refractivity contribution is -0.384. The van der Waals surface area contributed by atoms with E-state index in [0.717, 1.165) is 43.0 Å². The summed E-state index contributed by atoms with van der Waals surface area (Å²) in [6, 6.07) is 17.3. The first kappa shape index (κ1) is 25.1. The maximum absolute atomic E-state index is 12.5. The number of rotatable bonds is 5. The quantitative estimate of drug-likeness (QED) is 0.236. The van der Waals surface area contributed by atoms with Crippen molar-refractivity contribution >= 4 is 39.7 Å². The van der Waals surface area contributed by atoms with Gasteiger partial charge >= 0.3 is 0 Å². The van der Waals surface area contributed by atoms with Gasteiger partial charge in [0.2, 0.25) is 11.8 Å². The fourth-order valence-corrected chi connectivity index (χ4v) is 4.83. The highest BCUT2D eigenvalue weighted by molar-refractivity contribution is 6.23. The molecule has 1 saturated heterocycles. The molecule has 10 heteroatoms. The summed E-state index contributed by atoms with van der Waals surface area (Å²) in [5, 5.41) is 23.1. The second-order valence-corrected chi connectivity index (χ2v) is 9.36. The number of benzene rings is 2. The normalized spacial score (nSPS) is 15.0. The average Bonchev–Trinajstić information content (AvgIpc) is 3.03. The monoisotopic (exact) mass is 512 g/mol. The number of anilines is 1. The Morgan fingerprint density at radius 3 is 2.53 bits per heavy atom. The van der Waals surface area contributed by atoms with E-state index in [9.17, 15) is 20.0 Å². The van der Waals surface area contributed by atoms with Crippen molar-refractivity contribution in [2.75, 3.05) is 38.1 Å². The van der Waals surface area contributed by atoms with Gasteiger partial charge in [-0.25, -0.2) is 14.5 Å². The number of likely N-dealkylation sites (N-methyl/N-ethyl adjacent to an activating group) is 1. The number of aromatic nitrogens is 2. The molecule has 38 heavy (non-hydrogen) atoms. The molecule has 0 radical (unpaired) electrons. The van der Waals surface area contributed by atoms with Crippen LogP contribution in [-0.4, -0.2) is 69.3 Å². The molecule has 0 amide bonds. The number of hydrogen-bond acceptors (Lipinski definition) is 8. The summed E-state index contributed by atoms with van der Waals surface area (Å²) in [4.78, 5) is 37.5. The lowest BCUT2D eigenvalue weighted by Gasteiger charge is -2.21. The largest absolute Gasteiger partial charge is 0.494 e. The number of aromatic hydroxyl groups is 1. The maximum atomic E-state index is 12.5. The Labute approximate surface area is 219 Å². The molecule has 1 N–H and O–H groups in total. The van der Waals surface area contributed by atoms with Crippen molar-refractivity contribution in [3.63, 3.8) is 0 Å². The van der Waals surface area contributed by atoms with Crippen LogP contribution < -0.4 is 4.90 Å². The molecule has 0 atom stereocenters. The highest BCUT2D eigenvalue weighted by Gasteiger charge is 2.26. The first-order valence-electron chi connectivity index (χ1n) is 12.4. The number of fused-ring (bicyclic) bond motifs is 1. The van der Waals surface area contributed by atoms with E-state index in [1.165, 1.54) is 25.1 Å². The lowest BCUT2D eigenvalue weighted by Crippen LogP contribution is -2.29. The van der Waals surface area contributed by atoms with Crippen molar-refractivity contribution in [1.29, 1.82) is 0 Å². The molecule has 1 fully saturated rings. The number of carbonyl (C=O) groups excluding carboxylic acids is 1. The summed E-state index contributed by atoms with van der Waals surface area (Å²) in [6.07, 6.45) is 2.76. The van der Waals surface area contributed by atoms with Gasteiger partial charge in [0.25, 0.3) is 5.69 Å². The Morgan fingerprint density at radius 1 is 1.05 bits per heavy atom. The van der Waals surface area contributed by atoms with Gasteiger partial charge in [-0.2, -0.15) is 0 Å². The molecule has 194 valence electrons. The summed E-state index contributed by atoms with van der Waals surface area (Å²) in [5.41, 5.74) is 2.08. The van der Waals surface area contributed by atoms with Gasteiger partial charge < -0.3 is 14.9 Å². The first-order chi connectivity index (χ1) is 18.3. The van der Waals surface area contributed by atoms with Crippen LogP contribution in [0.4, 0.5) is 17.2 Å². The molecule has 1 aliphatic rings. The number of nitro benzene ring substituents is 1. The Bertz CT molecular complexity index is 1530. The summed E-state index contributed by atoms with van der Waals surface area (Å²) < 4.78 is 1.08. The van der Waals surface area contributed by atoms with Gasteiger partial charge in [-0.1, -0.05) is 30.3 Å². The van der Waals surface area contributed by atoms with Gasteiger partial charge in [0.15, 0.2) is 0 Å². The number of pyridine rings is 1. The molecule has 0 bridgehead atoms. The number of carbonyl (C=O) groups is 1. The van der Waals surface area contributed by atoms with E-state index >= 15 is 0 Å². The van der Waals surface area contributed by atoms with Crippen molar-refractivity contribution in [3.05, 3.63) is 88.1 Å². The molecular weight excluding hydrogens is 484 g/mol. The van der Waals surface area contributed by atoms with Gasteiger partial charge in [0.05, 0.1) is 33.6 Å². The standard InChI is InChI=1S/C28H28N6O4/c1-19(35)33-24-17-22(34(37)38)10-11-23(24)26(28(33)36)27(20-7-4-3-5-8-20)30-21-9-12-25(29-18-21)32-14-6-13-31(2)15-16-32/h3-5,7-12,17-18,36H,6,13-16H2,1-2H3. The van der Waals surface area contributed by atoms with E-state index in [2.05, 4.69) is 21.8 Å². The molecule has 2 aromatic heterocycles. The fraction of sp³-hybridized carbons (Fsp3) is 0.250. The van der Waals surface area contributed by atoms with Crippen LogP contribution in [0.1, 0.15) is 29.3 Å². The third-order valence-electron chi connectivity index (χ3n) is 6.75. The van der Waals surface area contributed by atoms with Crippen LogP contribution in [0.25, 0.3) is 10.9 Å². The maximum Gasteiger partial charge on any atom is 0.271 e. The zero-order valence-corrected chi connectivity index (χ0v) is 21.2. The van der Waals surface area contributed by atoms with Crippen LogP contribution in [0.5, 0.6) is 5.88 Å². The molecule has 0 spiro atoms. The Hall–Kier alpha value is -4.57.